The number of amides is 1. The summed E-state index contributed by atoms with van der Waals surface area (Å²) in [6, 6.07) is 9.32. The standard InChI is InChI=1S/C18H23NO3/c1-14-9-5-2-3-8-12-17(20)19-16(13-22-18(14)21)15-10-6-4-7-11-15/h2,4-7,10-11,14,16H,3,8-9,12-13H2,1H3,(H,19,20)/t14-,16?/m1/s1. The molecule has 4 heteroatoms. The van der Waals surface area contributed by atoms with E-state index < -0.39 is 0 Å². The molecular formula is C18H23NO3. The van der Waals surface area contributed by atoms with Gasteiger partial charge in [0, 0.05) is 6.42 Å². The van der Waals surface area contributed by atoms with Crippen molar-refractivity contribution in [1.82, 2.24) is 5.32 Å². The lowest BCUT2D eigenvalue weighted by Crippen LogP contribution is -2.32. The molecule has 0 radical (unpaired) electrons. The number of esters is 1. The van der Waals surface area contributed by atoms with Gasteiger partial charge in [-0.05, 0) is 24.8 Å². The molecule has 1 N–H and O–H groups in total. The van der Waals surface area contributed by atoms with Crippen LogP contribution in [0.1, 0.15) is 44.2 Å². The number of rotatable bonds is 1. The zero-order valence-electron chi connectivity index (χ0n) is 13.0. The summed E-state index contributed by atoms with van der Waals surface area (Å²) >= 11 is 0. The second-order valence-corrected chi connectivity index (χ2v) is 5.66. The number of hydrogen-bond donors (Lipinski definition) is 1. The molecule has 4 nitrogen and oxygen atoms in total. The summed E-state index contributed by atoms with van der Waals surface area (Å²) in [6.07, 6.45) is 6.85. The third kappa shape index (κ3) is 5.02. The summed E-state index contributed by atoms with van der Waals surface area (Å²) in [6.45, 7) is 2.03. The van der Waals surface area contributed by atoms with Crippen molar-refractivity contribution in [1.29, 1.82) is 0 Å². The van der Waals surface area contributed by atoms with Crippen LogP contribution in [0.4, 0.5) is 0 Å². The van der Waals surface area contributed by atoms with Crippen molar-refractivity contribution in [3.05, 3.63) is 48.0 Å². The molecule has 1 heterocycles. The second kappa shape index (κ2) is 8.37. The first-order chi connectivity index (χ1) is 10.7. The maximum Gasteiger partial charge on any atom is 0.309 e. The van der Waals surface area contributed by atoms with Crippen molar-refractivity contribution in [2.24, 2.45) is 5.92 Å². The van der Waals surface area contributed by atoms with E-state index in [1.54, 1.807) is 0 Å². The maximum absolute atomic E-state index is 12.0. The van der Waals surface area contributed by atoms with Crippen LogP contribution in [0.5, 0.6) is 0 Å². The van der Waals surface area contributed by atoms with Gasteiger partial charge in [0.25, 0.3) is 0 Å². The molecule has 0 saturated heterocycles. The monoisotopic (exact) mass is 301 g/mol. The smallest absolute Gasteiger partial charge is 0.309 e. The zero-order chi connectivity index (χ0) is 15.8. The Morgan fingerprint density at radius 3 is 2.68 bits per heavy atom. The van der Waals surface area contributed by atoms with Crippen LogP contribution in [0.15, 0.2) is 42.5 Å². The summed E-state index contributed by atoms with van der Waals surface area (Å²) in [7, 11) is 0. The highest BCUT2D eigenvalue weighted by Crippen LogP contribution is 2.16. The highest BCUT2D eigenvalue weighted by molar-refractivity contribution is 5.76. The number of carbonyl (C=O) groups excluding carboxylic acids is 2. The largest absolute Gasteiger partial charge is 0.463 e. The summed E-state index contributed by atoms with van der Waals surface area (Å²) in [5, 5.41) is 2.97. The van der Waals surface area contributed by atoms with Gasteiger partial charge in [0.1, 0.15) is 6.61 Å². The molecule has 0 aromatic heterocycles. The first-order valence-electron chi connectivity index (χ1n) is 7.82. The number of carbonyl (C=O) groups is 2. The Morgan fingerprint density at radius 1 is 1.14 bits per heavy atom. The van der Waals surface area contributed by atoms with Gasteiger partial charge >= 0.3 is 5.97 Å². The molecule has 2 atom stereocenters. The number of cyclic esters (lactones) is 1. The summed E-state index contributed by atoms with van der Waals surface area (Å²) in [5.41, 5.74) is 0.948. The Bertz CT molecular complexity index is 524. The Hall–Kier alpha value is -2.10. The van der Waals surface area contributed by atoms with Crippen LogP contribution in [0.2, 0.25) is 0 Å². The summed E-state index contributed by atoms with van der Waals surface area (Å²) in [5.74, 6) is -0.395. The highest BCUT2D eigenvalue weighted by atomic mass is 16.5. The van der Waals surface area contributed by atoms with E-state index in [0.717, 1.165) is 18.4 Å². The van der Waals surface area contributed by atoms with Crippen molar-refractivity contribution in [3.63, 3.8) is 0 Å². The normalized spacial score (nSPS) is 24.4. The predicted octanol–water partition coefficient (Wildman–Crippen LogP) is 3.15. The lowest BCUT2D eigenvalue weighted by atomic mass is 10.1. The third-order valence-electron chi connectivity index (χ3n) is 3.76. The molecule has 0 saturated carbocycles. The van der Waals surface area contributed by atoms with E-state index in [4.69, 9.17) is 4.74 Å². The van der Waals surface area contributed by atoms with Crippen molar-refractivity contribution >= 4 is 11.9 Å². The van der Waals surface area contributed by atoms with Gasteiger partial charge in [-0.15, -0.1) is 0 Å². The number of allylic oxidation sites excluding steroid dienone is 2. The van der Waals surface area contributed by atoms with Gasteiger partial charge < -0.3 is 10.1 Å². The van der Waals surface area contributed by atoms with Crippen LogP contribution in [0, 0.1) is 5.92 Å². The molecule has 118 valence electrons. The lowest BCUT2D eigenvalue weighted by molar-refractivity contribution is -0.149. The van der Waals surface area contributed by atoms with E-state index in [-0.39, 0.29) is 30.4 Å². The number of nitrogens with one attached hydrogen (secondary N) is 1. The molecule has 0 aliphatic carbocycles. The van der Waals surface area contributed by atoms with Crippen LogP contribution in [-0.2, 0) is 14.3 Å². The van der Waals surface area contributed by atoms with Crippen LogP contribution in [0.25, 0.3) is 0 Å². The van der Waals surface area contributed by atoms with Crippen LogP contribution in [0.3, 0.4) is 0 Å². The van der Waals surface area contributed by atoms with Crippen molar-refractivity contribution < 1.29 is 14.3 Å². The predicted molar refractivity (Wildman–Crippen MR) is 85.1 cm³/mol. The quantitative estimate of drug-likeness (QED) is 0.640. The fraction of sp³-hybridized carbons (Fsp3) is 0.444. The topological polar surface area (TPSA) is 55.4 Å². The number of hydrogen-bond acceptors (Lipinski definition) is 3. The molecule has 1 aromatic rings. The minimum absolute atomic E-state index is 0.00871. The molecule has 22 heavy (non-hydrogen) atoms. The van der Waals surface area contributed by atoms with Crippen LogP contribution in [-0.4, -0.2) is 18.5 Å². The summed E-state index contributed by atoms with van der Waals surface area (Å²) in [4.78, 5) is 24.0. The Labute approximate surface area is 131 Å². The fourth-order valence-corrected chi connectivity index (χ4v) is 2.38. The van der Waals surface area contributed by atoms with Gasteiger partial charge in [-0.25, -0.2) is 0 Å². The average molecular weight is 301 g/mol. The fourth-order valence-electron chi connectivity index (χ4n) is 2.38. The minimum atomic E-state index is -0.293. The second-order valence-electron chi connectivity index (χ2n) is 5.66. The molecule has 0 spiro atoms. The Morgan fingerprint density at radius 2 is 1.91 bits per heavy atom. The van der Waals surface area contributed by atoms with Gasteiger partial charge in [-0.1, -0.05) is 49.4 Å². The van der Waals surface area contributed by atoms with Gasteiger partial charge in [0.05, 0.1) is 12.0 Å². The Balaban J connectivity index is 2.11. The third-order valence-corrected chi connectivity index (χ3v) is 3.76. The average Bonchev–Trinajstić information content (AvgIpc) is 2.55. The van der Waals surface area contributed by atoms with E-state index >= 15 is 0 Å². The Kier molecular flexibility index (Phi) is 6.19. The number of benzene rings is 1. The van der Waals surface area contributed by atoms with E-state index in [9.17, 15) is 9.59 Å². The van der Waals surface area contributed by atoms with Crippen molar-refractivity contribution in [3.8, 4) is 0 Å². The van der Waals surface area contributed by atoms with Gasteiger partial charge in [-0.3, -0.25) is 9.59 Å². The molecule has 1 amide bonds. The van der Waals surface area contributed by atoms with Crippen molar-refractivity contribution in [2.45, 2.75) is 38.6 Å². The molecule has 2 rings (SSSR count). The first-order valence-corrected chi connectivity index (χ1v) is 7.82. The lowest BCUT2D eigenvalue weighted by Gasteiger charge is -2.20. The SMILES string of the molecule is C[C@@H]1CC=CCCCC(=O)NC(c2ccccc2)COC1=O. The maximum atomic E-state index is 12.0. The molecule has 0 fully saturated rings. The van der Waals surface area contributed by atoms with E-state index in [1.165, 1.54) is 0 Å². The zero-order valence-corrected chi connectivity index (χ0v) is 13.0. The van der Waals surface area contributed by atoms with Gasteiger partial charge in [0.2, 0.25) is 5.91 Å². The molecule has 1 aliphatic heterocycles. The minimum Gasteiger partial charge on any atom is -0.463 e. The van der Waals surface area contributed by atoms with Gasteiger partial charge in [-0.2, -0.15) is 0 Å². The molecular weight excluding hydrogens is 278 g/mol. The molecule has 0 bridgehead atoms. The highest BCUT2D eigenvalue weighted by Gasteiger charge is 2.19. The molecule has 1 aliphatic rings. The van der Waals surface area contributed by atoms with E-state index in [0.29, 0.717) is 12.8 Å². The van der Waals surface area contributed by atoms with Crippen LogP contribution < -0.4 is 5.32 Å². The van der Waals surface area contributed by atoms with E-state index in [2.05, 4.69) is 5.32 Å². The van der Waals surface area contributed by atoms with Crippen molar-refractivity contribution in [2.75, 3.05) is 6.61 Å². The van der Waals surface area contributed by atoms with Crippen LogP contribution >= 0.6 is 0 Å². The summed E-state index contributed by atoms with van der Waals surface area (Å²) < 4.78 is 5.40. The molecule has 1 aromatic carbocycles. The van der Waals surface area contributed by atoms with E-state index in [1.807, 2.05) is 49.4 Å². The molecule has 1 unspecified atom stereocenters. The van der Waals surface area contributed by atoms with Gasteiger partial charge in [0.15, 0.2) is 0 Å². The first kappa shape index (κ1) is 16.3. The number of ether oxygens (including phenoxy) is 1.